The molecule has 0 amide bonds. The first-order valence-corrected chi connectivity index (χ1v) is 29.4. The SMILES string of the molecule is CC/C=C\C/C=C\C/C=C\C/C=C\C/C=C\CCCCCCCCCCCCCC(=O)OCC(COC(=O)CCCCCCC)OC(=O)CCCCCCCCCCC/C=C\CCCCCCCC. The van der Waals surface area contributed by atoms with E-state index in [9.17, 15) is 14.4 Å². The van der Waals surface area contributed by atoms with Crippen LogP contribution < -0.4 is 0 Å². The Hall–Kier alpha value is -3.15. The zero-order valence-electron chi connectivity index (χ0n) is 45.6. The lowest BCUT2D eigenvalue weighted by Crippen LogP contribution is -2.30. The summed E-state index contributed by atoms with van der Waals surface area (Å²) in [5.74, 6) is -0.886. The summed E-state index contributed by atoms with van der Waals surface area (Å²) in [7, 11) is 0. The average molecular weight is 964 g/mol. The van der Waals surface area contributed by atoms with E-state index in [2.05, 4.69) is 93.7 Å². The Labute approximate surface area is 427 Å². The molecule has 0 spiro atoms. The van der Waals surface area contributed by atoms with Crippen molar-refractivity contribution in [3.05, 3.63) is 72.9 Å². The highest BCUT2D eigenvalue weighted by atomic mass is 16.6. The second-order valence-corrected chi connectivity index (χ2v) is 19.5. The van der Waals surface area contributed by atoms with E-state index >= 15 is 0 Å². The molecule has 1 unspecified atom stereocenters. The Morgan fingerprint density at radius 3 is 0.899 bits per heavy atom. The molecule has 1 atom stereocenters. The second-order valence-electron chi connectivity index (χ2n) is 19.5. The van der Waals surface area contributed by atoms with Gasteiger partial charge in [-0.3, -0.25) is 14.4 Å². The summed E-state index contributed by atoms with van der Waals surface area (Å²) in [6.07, 6.45) is 73.7. The van der Waals surface area contributed by atoms with E-state index in [1.54, 1.807) is 0 Å². The normalized spacial score (nSPS) is 12.6. The van der Waals surface area contributed by atoms with Gasteiger partial charge in [0.15, 0.2) is 6.10 Å². The maximum absolute atomic E-state index is 12.8. The molecule has 0 N–H and O–H groups in total. The van der Waals surface area contributed by atoms with Crippen molar-refractivity contribution in [2.45, 2.75) is 297 Å². The first-order valence-electron chi connectivity index (χ1n) is 29.4. The number of carbonyl (C=O) groups excluding carboxylic acids is 3. The number of esters is 3. The quantitative estimate of drug-likeness (QED) is 0.0262. The third kappa shape index (κ3) is 55.6. The van der Waals surface area contributed by atoms with Crippen molar-refractivity contribution >= 4 is 17.9 Å². The third-order valence-corrected chi connectivity index (χ3v) is 12.7. The molecule has 69 heavy (non-hydrogen) atoms. The molecule has 0 saturated carbocycles. The predicted octanol–water partition coefficient (Wildman–Crippen LogP) is 19.8. The van der Waals surface area contributed by atoms with Crippen molar-refractivity contribution in [3.63, 3.8) is 0 Å². The summed E-state index contributed by atoms with van der Waals surface area (Å²) >= 11 is 0. The van der Waals surface area contributed by atoms with Crippen molar-refractivity contribution in [1.82, 2.24) is 0 Å². The fourth-order valence-electron chi connectivity index (χ4n) is 8.29. The molecule has 398 valence electrons. The fraction of sp³-hybridized carbons (Fsp3) is 0.762. The second kappa shape index (κ2) is 57.4. The highest BCUT2D eigenvalue weighted by Crippen LogP contribution is 2.16. The first-order chi connectivity index (χ1) is 34.0. The van der Waals surface area contributed by atoms with Gasteiger partial charge >= 0.3 is 17.9 Å². The number of carbonyl (C=O) groups is 3. The van der Waals surface area contributed by atoms with Crippen LogP contribution in [0.3, 0.4) is 0 Å². The third-order valence-electron chi connectivity index (χ3n) is 12.7. The van der Waals surface area contributed by atoms with Crippen LogP contribution in [0.25, 0.3) is 0 Å². The van der Waals surface area contributed by atoms with Gasteiger partial charge in [-0.05, 0) is 89.9 Å². The van der Waals surface area contributed by atoms with Gasteiger partial charge in [0.05, 0.1) is 0 Å². The number of allylic oxidation sites excluding steroid dienone is 12. The van der Waals surface area contributed by atoms with Gasteiger partial charge in [0, 0.05) is 19.3 Å². The molecular weight excluding hydrogens is 853 g/mol. The number of ether oxygens (including phenoxy) is 3. The van der Waals surface area contributed by atoms with Gasteiger partial charge in [0.1, 0.15) is 13.2 Å². The van der Waals surface area contributed by atoms with Gasteiger partial charge in [-0.25, -0.2) is 0 Å². The van der Waals surface area contributed by atoms with Crippen LogP contribution >= 0.6 is 0 Å². The van der Waals surface area contributed by atoms with Crippen LogP contribution in [0.15, 0.2) is 72.9 Å². The minimum absolute atomic E-state index is 0.0760. The molecule has 0 aliphatic rings. The Morgan fingerprint density at radius 2 is 0.565 bits per heavy atom. The van der Waals surface area contributed by atoms with E-state index < -0.39 is 6.10 Å². The van der Waals surface area contributed by atoms with E-state index in [1.807, 2.05) is 0 Å². The number of unbranched alkanes of at least 4 members (excludes halogenated alkanes) is 30. The van der Waals surface area contributed by atoms with Gasteiger partial charge in [-0.15, -0.1) is 0 Å². The first kappa shape index (κ1) is 65.8. The van der Waals surface area contributed by atoms with Crippen LogP contribution in [0.2, 0.25) is 0 Å². The minimum Gasteiger partial charge on any atom is -0.462 e. The lowest BCUT2D eigenvalue weighted by molar-refractivity contribution is -0.167. The zero-order chi connectivity index (χ0) is 50.0. The van der Waals surface area contributed by atoms with Gasteiger partial charge in [-0.1, -0.05) is 254 Å². The molecule has 0 heterocycles. The number of hydrogen-bond donors (Lipinski definition) is 0. The van der Waals surface area contributed by atoms with Gasteiger partial charge in [0.25, 0.3) is 0 Å². The van der Waals surface area contributed by atoms with Crippen molar-refractivity contribution < 1.29 is 28.6 Å². The Bertz CT molecular complexity index is 1290. The van der Waals surface area contributed by atoms with Crippen molar-refractivity contribution in [3.8, 4) is 0 Å². The summed E-state index contributed by atoms with van der Waals surface area (Å²) in [6, 6.07) is 0. The standard InChI is InChI=1S/C63H110O6/c1-4-7-10-13-15-17-19-21-23-25-27-28-29-30-31-32-33-34-36-37-39-41-43-45-47-50-53-56-62(65)68-59-60(58-67-61(64)55-52-49-12-9-6-3)69-63(66)57-54-51-48-46-44-42-40-38-35-26-24-22-20-18-16-14-11-8-5-2/h7,10,15,17,21-24,27-28,30-31,60H,4-6,8-9,11-14,16,18-20,25-26,29,32-59H2,1-3H3/b10-7-,17-15-,23-21-,24-22-,28-27-,31-30-. The molecule has 0 rings (SSSR count). The average Bonchev–Trinajstić information content (AvgIpc) is 3.35. The van der Waals surface area contributed by atoms with E-state index in [1.165, 1.54) is 154 Å². The number of hydrogen-bond acceptors (Lipinski definition) is 6. The summed E-state index contributed by atoms with van der Waals surface area (Å²) in [6.45, 7) is 6.46. The summed E-state index contributed by atoms with van der Waals surface area (Å²) in [4.78, 5) is 37.8. The van der Waals surface area contributed by atoms with E-state index in [0.717, 1.165) is 96.3 Å². The topological polar surface area (TPSA) is 78.9 Å². The molecule has 0 aromatic carbocycles. The number of rotatable bonds is 53. The van der Waals surface area contributed by atoms with Crippen LogP contribution in [-0.4, -0.2) is 37.2 Å². The van der Waals surface area contributed by atoms with Crippen molar-refractivity contribution in [2.24, 2.45) is 0 Å². The molecule has 0 bridgehead atoms. The maximum atomic E-state index is 12.8. The lowest BCUT2D eigenvalue weighted by atomic mass is 10.0. The van der Waals surface area contributed by atoms with E-state index in [4.69, 9.17) is 14.2 Å². The molecule has 0 fully saturated rings. The van der Waals surface area contributed by atoms with E-state index in [0.29, 0.717) is 19.3 Å². The lowest BCUT2D eigenvalue weighted by Gasteiger charge is -2.18. The molecule has 0 aliphatic carbocycles. The Kier molecular flexibility index (Phi) is 54.8. The highest BCUT2D eigenvalue weighted by Gasteiger charge is 2.19. The van der Waals surface area contributed by atoms with Crippen LogP contribution in [0, 0.1) is 0 Å². The van der Waals surface area contributed by atoms with Crippen LogP contribution in [0.1, 0.15) is 290 Å². The van der Waals surface area contributed by atoms with Gasteiger partial charge in [0.2, 0.25) is 0 Å². The maximum Gasteiger partial charge on any atom is 0.306 e. The van der Waals surface area contributed by atoms with Crippen LogP contribution in [-0.2, 0) is 28.6 Å². The molecule has 0 radical (unpaired) electrons. The minimum atomic E-state index is -0.773. The molecule has 0 aliphatic heterocycles. The highest BCUT2D eigenvalue weighted by molar-refractivity contribution is 5.71. The summed E-state index contributed by atoms with van der Waals surface area (Å²) in [5.41, 5.74) is 0. The van der Waals surface area contributed by atoms with Gasteiger partial charge in [-0.2, -0.15) is 0 Å². The van der Waals surface area contributed by atoms with Crippen LogP contribution in [0.5, 0.6) is 0 Å². The Morgan fingerprint density at radius 1 is 0.304 bits per heavy atom. The molecule has 0 saturated heterocycles. The van der Waals surface area contributed by atoms with Crippen molar-refractivity contribution in [2.75, 3.05) is 13.2 Å². The summed E-state index contributed by atoms with van der Waals surface area (Å²) < 4.78 is 16.7. The fourth-order valence-corrected chi connectivity index (χ4v) is 8.29. The Balaban J connectivity index is 4.07. The molecule has 0 aromatic rings. The zero-order valence-corrected chi connectivity index (χ0v) is 45.6. The predicted molar refractivity (Wildman–Crippen MR) is 298 cm³/mol. The monoisotopic (exact) mass is 963 g/mol. The van der Waals surface area contributed by atoms with Gasteiger partial charge < -0.3 is 14.2 Å². The molecule has 0 aromatic heterocycles. The molecular formula is C63H110O6. The molecule has 6 heteroatoms. The smallest absolute Gasteiger partial charge is 0.306 e. The largest absolute Gasteiger partial charge is 0.462 e. The van der Waals surface area contributed by atoms with Crippen LogP contribution in [0.4, 0.5) is 0 Å². The van der Waals surface area contributed by atoms with E-state index in [-0.39, 0.29) is 31.1 Å². The molecule has 6 nitrogen and oxygen atoms in total. The van der Waals surface area contributed by atoms with Crippen molar-refractivity contribution in [1.29, 1.82) is 0 Å². The summed E-state index contributed by atoms with van der Waals surface area (Å²) in [5, 5.41) is 0.